The Morgan fingerprint density at radius 3 is 2.65 bits per heavy atom. The molecule has 0 bridgehead atoms. The van der Waals surface area contributed by atoms with Gasteiger partial charge in [-0.25, -0.2) is 9.38 Å². The van der Waals surface area contributed by atoms with Gasteiger partial charge in [0.05, 0.1) is 5.75 Å². The predicted octanol–water partition coefficient (Wildman–Crippen LogP) is 3.59. The second-order valence-corrected chi connectivity index (χ2v) is 6.36. The summed E-state index contributed by atoms with van der Waals surface area (Å²) < 4.78 is 13.6. The van der Waals surface area contributed by atoms with Gasteiger partial charge in [0.25, 0.3) is 0 Å². The number of amidine groups is 1. The van der Waals surface area contributed by atoms with Crippen molar-refractivity contribution in [3.8, 4) is 0 Å². The number of thioether (sulfide) groups is 1. The SMILES string of the molecule is C=C(/C(F)=C\CC)C(O)NC(S)N=C(CSCC)N/C=C/CC. The van der Waals surface area contributed by atoms with Gasteiger partial charge >= 0.3 is 0 Å². The van der Waals surface area contributed by atoms with E-state index in [2.05, 4.69) is 41.8 Å². The summed E-state index contributed by atoms with van der Waals surface area (Å²) >= 11 is 5.99. The molecular formula is C16H28FN3OS2. The third-order valence-corrected chi connectivity index (χ3v) is 3.80. The summed E-state index contributed by atoms with van der Waals surface area (Å²) in [5.41, 5.74) is -0.699. The minimum absolute atomic E-state index is 0.0237. The number of nitrogens with one attached hydrogen (secondary N) is 2. The molecule has 0 aliphatic carbocycles. The topological polar surface area (TPSA) is 56.6 Å². The molecule has 4 nitrogen and oxygen atoms in total. The minimum atomic E-state index is -1.24. The van der Waals surface area contributed by atoms with E-state index in [9.17, 15) is 9.50 Å². The molecule has 7 heteroatoms. The predicted molar refractivity (Wildman–Crippen MR) is 104 cm³/mol. The van der Waals surface area contributed by atoms with Gasteiger partial charge in [-0.1, -0.05) is 33.4 Å². The first kappa shape index (κ1) is 22.2. The summed E-state index contributed by atoms with van der Waals surface area (Å²) in [5, 5.41) is 15.7. The molecule has 3 N–H and O–H groups in total. The molecule has 0 spiro atoms. The molecule has 0 aromatic carbocycles. The molecule has 2 unspecified atom stereocenters. The zero-order valence-electron chi connectivity index (χ0n) is 14.1. The average Bonchev–Trinajstić information content (AvgIpc) is 2.51. The van der Waals surface area contributed by atoms with E-state index in [-0.39, 0.29) is 5.57 Å². The quantitative estimate of drug-likeness (QED) is 0.149. The fourth-order valence-electron chi connectivity index (χ4n) is 1.46. The van der Waals surface area contributed by atoms with Crippen molar-refractivity contribution in [2.45, 2.75) is 45.3 Å². The molecule has 132 valence electrons. The number of thiol groups is 1. The van der Waals surface area contributed by atoms with Gasteiger partial charge < -0.3 is 10.4 Å². The zero-order valence-corrected chi connectivity index (χ0v) is 15.8. The van der Waals surface area contributed by atoms with Crippen LogP contribution in [-0.4, -0.2) is 34.2 Å². The van der Waals surface area contributed by atoms with E-state index >= 15 is 0 Å². The van der Waals surface area contributed by atoms with E-state index in [4.69, 9.17) is 0 Å². The van der Waals surface area contributed by atoms with Crippen molar-refractivity contribution in [3.63, 3.8) is 0 Å². The molecule has 0 aromatic rings. The lowest BCUT2D eigenvalue weighted by Gasteiger charge is -2.18. The van der Waals surface area contributed by atoms with Crippen LogP contribution in [-0.2, 0) is 0 Å². The molecule has 0 aliphatic heterocycles. The summed E-state index contributed by atoms with van der Waals surface area (Å²) in [5.74, 6) is 1.87. The summed E-state index contributed by atoms with van der Waals surface area (Å²) in [6.07, 6.45) is 5.39. The second kappa shape index (κ2) is 13.7. The number of aliphatic imine (C=N–C) groups is 1. The number of hydrogen-bond acceptors (Lipinski definition) is 5. The molecule has 0 aromatic heterocycles. The first-order valence-corrected chi connectivity index (χ1v) is 9.36. The highest BCUT2D eigenvalue weighted by Gasteiger charge is 2.15. The van der Waals surface area contributed by atoms with Crippen LogP contribution in [0.5, 0.6) is 0 Å². The van der Waals surface area contributed by atoms with Gasteiger partial charge in [-0.3, -0.25) is 5.32 Å². The molecule has 0 fully saturated rings. The minimum Gasteiger partial charge on any atom is -0.374 e. The fourth-order valence-corrected chi connectivity index (χ4v) is 2.29. The summed E-state index contributed by atoms with van der Waals surface area (Å²) in [4.78, 5) is 4.36. The maximum Gasteiger partial charge on any atom is 0.148 e. The fraction of sp³-hybridized carbons (Fsp3) is 0.562. The lowest BCUT2D eigenvalue weighted by molar-refractivity contribution is 0.169. The lowest BCUT2D eigenvalue weighted by atomic mass is 10.2. The van der Waals surface area contributed by atoms with Crippen LogP contribution < -0.4 is 10.6 Å². The molecule has 0 radical (unpaired) electrons. The van der Waals surface area contributed by atoms with Gasteiger partial charge in [-0.15, -0.1) is 12.6 Å². The van der Waals surface area contributed by atoms with Gasteiger partial charge in [0.2, 0.25) is 0 Å². The monoisotopic (exact) mass is 361 g/mol. The zero-order chi connectivity index (χ0) is 17.7. The van der Waals surface area contributed by atoms with Crippen LogP contribution in [0.15, 0.2) is 41.3 Å². The van der Waals surface area contributed by atoms with Gasteiger partial charge in [0.1, 0.15) is 23.4 Å². The average molecular weight is 362 g/mol. The largest absolute Gasteiger partial charge is 0.374 e. The van der Waals surface area contributed by atoms with Crippen LogP contribution >= 0.6 is 24.4 Å². The Morgan fingerprint density at radius 1 is 1.39 bits per heavy atom. The Kier molecular flexibility index (Phi) is 13.2. The maximum atomic E-state index is 13.6. The van der Waals surface area contributed by atoms with Crippen LogP contribution in [0.25, 0.3) is 0 Å². The summed E-state index contributed by atoms with van der Waals surface area (Å²) in [7, 11) is 0. The van der Waals surface area contributed by atoms with Crippen molar-refractivity contribution in [2.75, 3.05) is 11.5 Å². The van der Waals surface area contributed by atoms with Crippen molar-refractivity contribution in [1.29, 1.82) is 0 Å². The molecule has 23 heavy (non-hydrogen) atoms. The van der Waals surface area contributed by atoms with Gasteiger partial charge in [0, 0.05) is 5.57 Å². The van der Waals surface area contributed by atoms with Crippen molar-refractivity contribution in [3.05, 3.63) is 36.3 Å². The normalized spacial score (nSPS) is 15.7. The summed E-state index contributed by atoms with van der Waals surface area (Å²) in [6.45, 7) is 9.46. The smallest absolute Gasteiger partial charge is 0.148 e. The number of allylic oxidation sites excluding steroid dienone is 2. The molecule has 2 atom stereocenters. The molecule has 0 amide bonds. The third-order valence-electron chi connectivity index (χ3n) is 2.65. The highest BCUT2D eigenvalue weighted by atomic mass is 32.2. The Hall–Kier alpha value is -0.760. The Balaban J connectivity index is 4.73. The Bertz CT molecular complexity index is 439. The third kappa shape index (κ3) is 10.6. The van der Waals surface area contributed by atoms with E-state index in [1.807, 2.05) is 26.1 Å². The number of halogens is 1. The van der Waals surface area contributed by atoms with Crippen molar-refractivity contribution < 1.29 is 9.50 Å². The summed E-state index contributed by atoms with van der Waals surface area (Å²) in [6, 6.07) is 0. The second-order valence-electron chi connectivity index (χ2n) is 4.60. The van der Waals surface area contributed by atoms with Crippen LogP contribution in [0.2, 0.25) is 0 Å². The number of hydrogen-bond donors (Lipinski definition) is 4. The van der Waals surface area contributed by atoms with Gasteiger partial charge in [-0.2, -0.15) is 11.8 Å². The van der Waals surface area contributed by atoms with E-state index < -0.39 is 17.6 Å². The Labute approximate surface area is 148 Å². The van der Waals surface area contributed by atoms with E-state index in [1.165, 1.54) is 6.08 Å². The highest BCUT2D eigenvalue weighted by Crippen LogP contribution is 2.14. The van der Waals surface area contributed by atoms with Crippen LogP contribution in [0.3, 0.4) is 0 Å². The molecule has 0 rings (SSSR count). The molecule has 0 saturated heterocycles. The van der Waals surface area contributed by atoms with E-state index in [1.54, 1.807) is 11.8 Å². The van der Waals surface area contributed by atoms with E-state index in [0.29, 0.717) is 12.2 Å². The maximum absolute atomic E-state index is 13.6. The molecular weight excluding hydrogens is 333 g/mol. The van der Waals surface area contributed by atoms with E-state index in [0.717, 1.165) is 18.0 Å². The van der Waals surface area contributed by atoms with Crippen LogP contribution in [0.1, 0.15) is 33.6 Å². The first-order chi connectivity index (χ1) is 11.0. The van der Waals surface area contributed by atoms with Crippen LogP contribution in [0.4, 0.5) is 4.39 Å². The van der Waals surface area contributed by atoms with Crippen molar-refractivity contribution in [2.24, 2.45) is 4.99 Å². The number of nitrogens with zero attached hydrogens (tertiary/aromatic N) is 1. The highest BCUT2D eigenvalue weighted by molar-refractivity contribution is 7.99. The standard InChI is InChI=1S/C16H28FN3OS2/c1-5-8-10-18-14(11-23-7-3)19-16(22)20-15(21)12(4)13(17)9-6-2/h8-10,15-16,20-22H,4-7,11H2,1-3H3,(H,18,19)/b10-8+,13-9+. The van der Waals surface area contributed by atoms with Crippen molar-refractivity contribution in [1.82, 2.24) is 10.6 Å². The Morgan fingerprint density at radius 2 is 2.09 bits per heavy atom. The van der Waals surface area contributed by atoms with Gasteiger partial charge in [-0.05, 0) is 30.9 Å². The number of aliphatic hydroxyl groups is 1. The van der Waals surface area contributed by atoms with Crippen molar-refractivity contribution >= 4 is 30.2 Å². The van der Waals surface area contributed by atoms with Gasteiger partial charge in [0.15, 0.2) is 0 Å². The molecule has 0 aliphatic rings. The first-order valence-electron chi connectivity index (χ1n) is 7.69. The molecule has 0 heterocycles. The van der Waals surface area contributed by atoms with Crippen LogP contribution in [0, 0.1) is 0 Å². The number of aliphatic hydroxyl groups excluding tert-OH is 1. The lowest BCUT2D eigenvalue weighted by Crippen LogP contribution is -2.37. The number of rotatable bonds is 11. The molecule has 0 saturated carbocycles.